The number of nitrogens with zero attached hydrogens (tertiary/aromatic N) is 1. The highest BCUT2D eigenvalue weighted by molar-refractivity contribution is 7.91. The van der Waals surface area contributed by atoms with E-state index < -0.39 is 9.84 Å². The van der Waals surface area contributed by atoms with E-state index in [-0.39, 0.29) is 34.8 Å². The predicted molar refractivity (Wildman–Crippen MR) is 117 cm³/mol. The van der Waals surface area contributed by atoms with Gasteiger partial charge in [0.15, 0.2) is 9.84 Å². The molecule has 0 unspecified atom stereocenters. The van der Waals surface area contributed by atoms with Gasteiger partial charge in [-0.2, -0.15) is 0 Å². The van der Waals surface area contributed by atoms with E-state index in [0.717, 1.165) is 29.7 Å². The molecule has 0 radical (unpaired) electrons. The van der Waals surface area contributed by atoms with Gasteiger partial charge in [0.2, 0.25) is 11.8 Å². The molecule has 2 aliphatic rings. The van der Waals surface area contributed by atoms with Crippen molar-refractivity contribution in [2.45, 2.75) is 37.5 Å². The fourth-order valence-corrected chi connectivity index (χ4v) is 5.06. The van der Waals surface area contributed by atoms with Gasteiger partial charge in [0, 0.05) is 35.3 Å². The molecule has 8 heteroatoms. The van der Waals surface area contributed by atoms with Crippen LogP contribution in [0.3, 0.4) is 0 Å². The SMILES string of the molecule is Cc1ccc(NC(=O)CCS(=O)(=O)c2ccc3c(c2)CCN3C(=O)C2CC2)cc1Cl. The van der Waals surface area contributed by atoms with Crippen LogP contribution in [0, 0.1) is 12.8 Å². The van der Waals surface area contributed by atoms with Crippen LogP contribution in [-0.4, -0.2) is 32.5 Å². The highest BCUT2D eigenvalue weighted by Crippen LogP contribution is 2.37. The van der Waals surface area contributed by atoms with Crippen LogP contribution in [0.1, 0.15) is 30.4 Å². The van der Waals surface area contributed by atoms with Crippen molar-refractivity contribution >= 4 is 44.6 Å². The summed E-state index contributed by atoms with van der Waals surface area (Å²) in [4.78, 5) is 26.5. The summed E-state index contributed by atoms with van der Waals surface area (Å²) in [5, 5.41) is 3.21. The average Bonchev–Trinajstić information content (AvgIpc) is 3.48. The monoisotopic (exact) mass is 446 g/mol. The summed E-state index contributed by atoms with van der Waals surface area (Å²) in [5.74, 6) is -0.415. The predicted octanol–water partition coefficient (Wildman–Crippen LogP) is 3.75. The first kappa shape index (κ1) is 20.9. The molecule has 0 aromatic heterocycles. The van der Waals surface area contributed by atoms with Crippen LogP contribution in [0.15, 0.2) is 41.3 Å². The molecule has 1 heterocycles. The molecule has 2 aromatic rings. The lowest BCUT2D eigenvalue weighted by Crippen LogP contribution is -2.30. The van der Waals surface area contributed by atoms with Gasteiger partial charge in [-0.3, -0.25) is 9.59 Å². The van der Waals surface area contributed by atoms with Gasteiger partial charge in [0.05, 0.1) is 10.6 Å². The van der Waals surface area contributed by atoms with E-state index in [1.165, 1.54) is 6.07 Å². The van der Waals surface area contributed by atoms with Gasteiger partial charge in [-0.25, -0.2) is 8.42 Å². The van der Waals surface area contributed by atoms with Gasteiger partial charge < -0.3 is 10.2 Å². The molecule has 1 aliphatic carbocycles. The van der Waals surface area contributed by atoms with E-state index in [1.807, 2.05) is 6.92 Å². The lowest BCUT2D eigenvalue weighted by molar-refractivity contribution is -0.119. The normalized spacial score (nSPS) is 15.7. The second-order valence-electron chi connectivity index (χ2n) is 7.89. The van der Waals surface area contributed by atoms with Gasteiger partial charge in [0.25, 0.3) is 0 Å². The van der Waals surface area contributed by atoms with Crippen LogP contribution < -0.4 is 10.2 Å². The molecule has 0 saturated heterocycles. The molecule has 0 bridgehead atoms. The summed E-state index contributed by atoms with van der Waals surface area (Å²) in [7, 11) is -3.62. The quantitative estimate of drug-likeness (QED) is 0.732. The fraction of sp³-hybridized carbons (Fsp3) is 0.364. The summed E-state index contributed by atoms with van der Waals surface area (Å²) >= 11 is 6.05. The second-order valence-corrected chi connectivity index (χ2v) is 10.4. The third-order valence-corrected chi connectivity index (χ3v) is 7.67. The number of amides is 2. The third kappa shape index (κ3) is 4.37. The summed E-state index contributed by atoms with van der Waals surface area (Å²) < 4.78 is 25.5. The van der Waals surface area contributed by atoms with Crippen molar-refractivity contribution in [3.8, 4) is 0 Å². The Balaban J connectivity index is 1.40. The molecule has 30 heavy (non-hydrogen) atoms. The van der Waals surface area contributed by atoms with E-state index in [1.54, 1.807) is 35.2 Å². The molecule has 1 saturated carbocycles. The van der Waals surface area contributed by atoms with E-state index >= 15 is 0 Å². The maximum Gasteiger partial charge on any atom is 0.230 e. The molecule has 0 spiro atoms. The maximum absolute atomic E-state index is 12.7. The molecule has 1 N–H and O–H groups in total. The standard InChI is InChI=1S/C22H23ClN2O4S/c1-14-2-5-17(13-19(14)23)24-21(26)9-11-30(28,29)18-6-7-20-16(12-18)8-10-25(20)22(27)15-3-4-15/h2,5-7,12-13,15H,3-4,8-11H2,1H3,(H,24,26). The van der Waals surface area contributed by atoms with Gasteiger partial charge in [0.1, 0.15) is 0 Å². The van der Waals surface area contributed by atoms with Crippen LogP contribution in [-0.2, 0) is 25.8 Å². The minimum absolute atomic E-state index is 0.126. The smallest absolute Gasteiger partial charge is 0.230 e. The minimum atomic E-state index is -3.62. The molecular formula is C22H23ClN2O4S. The molecule has 4 rings (SSSR count). The number of halogens is 1. The summed E-state index contributed by atoms with van der Waals surface area (Å²) in [6.07, 6.45) is 2.37. The first-order chi connectivity index (χ1) is 14.2. The Labute approximate surface area is 181 Å². The van der Waals surface area contributed by atoms with Gasteiger partial charge in [-0.15, -0.1) is 0 Å². The number of fused-ring (bicyclic) bond motifs is 1. The Morgan fingerprint density at radius 3 is 2.63 bits per heavy atom. The number of anilines is 2. The number of hydrogen-bond donors (Lipinski definition) is 1. The van der Waals surface area contributed by atoms with Crippen LogP contribution in [0.4, 0.5) is 11.4 Å². The maximum atomic E-state index is 12.7. The Hall–Kier alpha value is -2.38. The number of aryl methyl sites for hydroxylation is 1. The zero-order valence-electron chi connectivity index (χ0n) is 16.7. The molecule has 2 aromatic carbocycles. The number of carbonyl (C=O) groups excluding carboxylic acids is 2. The van der Waals surface area contributed by atoms with Crippen molar-refractivity contribution in [3.63, 3.8) is 0 Å². The van der Waals surface area contributed by atoms with Crippen molar-refractivity contribution in [2.24, 2.45) is 5.92 Å². The van der Waals surface area contributed by atoms with E-state index in [2.05, 4.69) is 5.32 Å². The van der Waals surface area contributed by atoms with Crippen molar-refractivity contribution in [2.75, 3.05) is 22.5 Å². The van der Waals surface area contributed by atoms with Gasteiger partial charge in [-0.1, -0.05) is 17.7 Å². The Kier molecular flexibility index (Phi) is 5.59. The number of rotatable bonds is 6. The van der Waals surface area contributed by atoms with Crippen molar-refractivity contribution in [3.05, 3.63) is 52.5 Å². The van der Waals surface area contributed by atoms with Crippen LogP contribution in [0.2, 0.25) is 5.02 Å². The summed E-state index contributed by atoms with van der Waals surface area (Å²) in [6, 6.07) is 10.0. The lowest BCUT2D eigenvalue weighted by Gasteiger charge is -2.17. The molecule has 0 atom stereocenters. The average molecular weight is 447 g/mol. The first-order valence-corrected chi connectivity index (χ1v) is 12.0. The van der Waals surface area contributed by atoms with Crippen molar-refractivity contribution in [1.29, 1.82) is 0 Å². The minimum Gasteiger partial charge on any atom is -0.326 e. The number of benzene rings is 2. The molecule has 2 amide bonds. The highest BCUT2D eigenvalue weighted by atomic mass is 35.5. The van der Waals surface area contributed by atoms with Gasteiger partial charge >= 0.3 is 0 Å². The zero-order valence-corrected chi connectivity index (χ0v) is 18.2. The fourth-order valence-electron chi connectivity index (χ4n) is 3.59. The lowest BCUT2D eigenvalue weighted by atomic mass is 10.2. The number of nitrogens with one attached hydrogen (secondary N) is 1. The van der Waals surface area contributed by atoms with Crippen molar-refractivity contribution in [1.82, 2.24) is 0 Å². The Bertz CT molecular complexity index is 1130. The first-order valence-electron chi connectivity index (χ1n) is 9.98. The van der Waals surface area contributed by atoms with E-state index in [9.17, 15) is 18.0 Å². The summed E-state index contributed by atoms with van der Waals surface area (Å²) in [6.45, 7) is 2.45. The second kappa shape index (κ2) is 8.04. The Morgan fingerprint density at radius 2 is 1.93 bits per heavy atom. The highest BCUT2D eigenvalue weighted by Gasteiger charge is 2.36. The molecule has 6 nitrogen and oxygen atoms in total. The molecule has 1 fully saturated rings. The largest absolute Gasteiger partial charge is 0.326 e. The summed E-state index contributed by atoms with van der Waals surface area (Å²) in [5.41, 5.74) is 3.10. The number of carbonyl (C=O) groups is 2. The number of hydrogen-bond acceptors (Lipinski definition) is 4. The van der Waals surface area contributed by atoms with Crippen LogP contribution >= 0.6 is 11.6 Å². The molecule has 158 valence electrons. The van der Waals surface area contributed by atoms with E-state index in [0.29, 0.717) is 23.7 Å². The molecule has 1 aliphatic heterocycles. The van der Waals surface area contributed by atoms with Crippen molar-refractivity contribution < 1.29 is 18.0 Å². The Morgan fingerprint density at radius 1 is 1.17 bits per heavy atom. The molecular weight excluding hydrogens is 424 g/mol. The topological polar surface area (TPSA) is 83.6 Å². The van der Waals surface area contributed by atoms with Crippen LogP contribution in [0.5, 0.6) is 0 Å². The van der Waals surface area contributed by atoms with Gasteiger partial charge in [-0.05, 0) is 67.6 Å². The number of sulfone groups is 1. The third-order valence-electron chi connectivity index (χ3n) is 5.55. The zero-order chi connectivity index (χ0) is 21.5. The van der Waals surface area contributed by atoms with E-state index in [4.69, 9.17) is 11.6 Å². The van der Waals surface area contributed by atoms with Crippen LogP contribution in [0.25, 0.3) is 0 Å².